The van der Waals surface area contributed by atoms with Crippen LogP contribution in [-0.4, -0.2) is 38.1 Å². The van der Waals surface area contributed by atoms with Gasteiger partial charge in [0, 0.05) is 37.4 Å². The highest BCUT2D eigenvalue weighted by Gasteiger charge is 2.44. The molecular weight excluding hydrogens is 294 g/mol. The van der Waals surface area contributed by atoms with Crippen molar-refractivity contribution < 1.29 is 0 Å². The average Bonchev–Trinajstić information content (AvgIpc) is 3.44. The summed E-state index contributed by atoms with van der Waals surface area (Å²) in [5, 5.41) is 9.37. The summed E-state index contributed by atoms with van der Waals surface area (Å²) in [7, 11) is 2.19. The maximum Gasteiger partial charge on any atom is 0.0823 e. The number of hydrogen-bond acceptors (Lipinski definition) is 3. The highest BCUT2D eigenvalue weighted by Crippen LogP contribution is 2.47. The molecule has 3 heteroatoms. The van der Waals surface area contributed by atoms with Crippen LogP contribution in [0.5, 0.6) is 0 Å². The lowest BCUT2D eigenvalue weighted by atomic mass is 9.94. The summed E-state index contributed by atoms with van der Waals surface area (Å²) in [5.41, 5.74) is 4.82. The smallest absolute Gasteiger partial charge is 0.0823 e. The van der Waals surface area contributed by atoms with Crippen molar-refractivity contribution in [2.45, 2.75) is 18.3 Å². The molecule has 0 bridgehead atoms. The average molecular weight is 317 g/mol. The zero-order chi connectivity index (χ0) is 16.6. The van der Waals surface area contributed by atoms with Gasteiger partial charge >= 0.3 is 0 Å². The van der Waals surface area contributed by atoms with Gasteiger partial charge in [-0.15, -0.1) is 0 Å². The van der Waals surface area contributed by atoms with Crippen molar-refractivity contribution in [2.75, 3.05) is 38.1 Å². The van der Waals surface area contributed by atoms with Gasteiger partial charge in [-0.1, -0.05) is 42.5 Å². The van der Waals surface area contributed by atoms with Gasteiger partial charge in [-0.05, 0) is 37.1 Å². The van der Waals surface area contributed by atoms with Gasteiger partial charge in [0.15, 0.2) is 0 Å². The molecule has 1 aliphatic heterocycles. The lowest BCUT2D eigenvalue weighted by molar-refractivity contribution is 0.313. The van der Waals surface area contributed by atoms with E-state index in [-0.39, 0.29) is 5.41 Å². The van der Waals surface area contributed by atoms with E-state index in [1.54, 1.807) is 0 Å². The Morgan fingerprint density at radius 3 is 2.21 bits per heavy atom. The Morgan fingerprint density at radius 1 is 0.917 bits per heavy atom. The van der Waals surface area contributed by atoms with Crippen LogP contribution in [0.25, 0.3) is 11.1 Å². The van der Waals surface area contributed by atoms with Crippen molar-refractivity contribution in [3.8, 4) is 17.2 Å². The fourth-order valence-corrected chi connectivity index (χ4v) is 3.60. The molecule has 2 fully saturated rings. The molecule has 0 N–H and O–H groups in total. The van der Waals surface area contributed by atoms with Crippen LogP contribution in [0.1, 0.15) is 18.4 Å². The maximum absolute atomic E-state index is 9.37. The van der Waals surface area contributed by atoms with Crippen LogP contribution in [0.2, 0.25) is 0 Å². The van der Waals surface area contributed by atoms with Crippen molar-refractivity contribution in [3.05, 3.63) is 54.1 Å². The Labute approximate surface area is 144 Å². The number of hydrogen-bond donors (Lipinski definition) is 0. The molecule has 0 spiro atoms. The first kappa shape index (κ1) is 15.2. The molecule has 3 nitrogen and oxygen atoms in total. The molecule has 2 aromatic rings. The second-order valence-electron chi connectivity index (χ2n) is 7.08. The third-order valence-electron chi connectivity index (χ3n) is 5.46. The van der Waals surface area contributed by atoms with Crippen LogP contribution in [0.3, 0.4) is 0 Å². The van der Waals surface area contributed by atoms with E-state index < -0.39 is 0 Å². The van der Waals surface area contributed by atoms with E-state index in [0.717, 1.165) is 39.0 Å². The third kappa shape index (κ3) is 2.68. The zero-order valence-corrected chi connectivity index (χ0v) is 14.2. The first-order valence-corrected chi connectivity index (χ1v) is 8.77. The molecular formula is C21H23N3. The van der Waals surface area contributed by atoms with Crippen LogP contribution < -0.4 is 4.90 Å². The number of likely N-dealkylation sites (N-methyl/N-ethyl adjacent to an activating group) is 1. The Kier molecular flexibility index (Phi) is 3.78. The fraction of sp³-hybridized carbons (Fsp3) is 0.381. The molecule has 0 amide bonds. The number of anilines is 1. The quantitative estimate of drug-likeness (QED) is 0.865. The first-order valence-electron chi connectivity index (χ1n) is 8.77. The third-order valence-corrected chi connectivity index (χ3v) is 5.46. The summed E-state index contributed by atoms with van der Waals surface area (Å²) < 4.78 is 0. The Balaban J connectivity index is 1.64. The zero-order valence-electron chi connectivity index (χ0n) is 14.2. The molecule has 122 valence electrons. The number of nitriles is 1. The van der Waals surface area contributed by atoms with Crippen LogP contribution >= 0.6 is 0 Å². The van der Waals surface area contributed by atoms with Crippen molar-refractivity contribution in [1.29, 1.82) is 5.26 Å². The van der Waals surface area contributed by atoms with Crippen LogP contribution in [0, 0.1) is 11.3 Å². The Bertz CT molecular complexity index is 760. The summed E-state index contributed by atoms with van der Waals surface area (Å²) in [6, 6.07) is 19.8. The molecule has 1 saturated carbocycles. The molecule has 24 heavy (non-hydrogen) atoms. The molecule has 0 unspecified atom stereocenters. The molecule has 4 rings (SSSR count). The normalized spacial score (nSPS) is 19.8. The van der Waals surface area contributed by atoms with E-state index >= 15 is 0 Å². The van der Waals surface area contributed by atoms with Crippen molar-refractivity contribution in [3.63, 3.8) is 0 Å². The highest BCUT2D eigenvalue weighted by molar-refractivity contribution is 5.79. The number of benzene rings is 2. The number of rotatable bonds is 3. The van der Waals surface area contributed by atoms with E-state index in [0.29, 0.717) is 0 Å². The maximum atomic E-state index is 9.37. The monoisotopic (exact) mass is 317 g/mol. The van der Waals surface area contributed by atoms with Gasteiger partial charge in [-0.25, -0.2) is 0 Å². The number of para-hydroxylation sites is 1. The van der Waals surface area contributed by atoms with Crippen LogP contribution in [0.4, 0.5) is 5.69 Å². The predicted octanol–water partition coefficient (Wildman–Crippen LogP) is 3.66. The largest absolute Gasteiger partial charge is 0.368 e. The number of piperazine rings is 1. The van der Waals surface area contributed by atoms with E-state index in [1.807, 2.05) is 0 Å². The lowest BCUT2D eigenvalue weighted by Crippen LogP contribution is -2.44. The van der Waals surface area contributed by atoms with Gasteiger partial charge < -0.3 is 9.80 Å². The SMILES string of the molecule is CN1CCN(c2ccccc2-c2ccc(C3(C#N)CC3)cc2)CC1. The Hall–Kier alpha value is -2.31. The minimum absolute atomic E-state index is 0.199. The van der Waals surface area contributed by atoms with Crippen LogP contribution in [-0.2, 0) is 5.41 Å². The highest BCUT2D eigenvalue weighted by atomic mass is 15.2. The van der Waals surface area contributed by atoms with Crippen LogP contribution in [0.15, 0.2) is 48.5 Å². The second kappa shape index (κ2) is 5.96. The minimum atomic E-state index is -0.199. The lowest BCUT2D eigenvalue weighted by Gasteiger charge is -2.35. The molecule has 0 radical (unpaired) electrons. The molecule has 0 aromatic heterocycles. The number of nitrogens with zero attached hydrogens (tertiary/aromatic N) is 3. The van der Waals surface area contributed by atoms with E-state index in [2.05, 4.69) is 71.4 Å². The Morgan fingerprint density at radius 2 is 1.58 bits per heavy atom. The van der Waals surface area contributed by atoms with Gasteiger partial charge in [0.2, 0.25) is 0 Å². The minimum Gasteiger partial charge on any atom is -0.368 e. The molecule has 0 atom stereocenters. The van der Waals surface area contributed by atoms with E-state index in [1.165, 1.54) is 22.4 Å². The van der Waals surface area contributed by atoms with Gasteiger partial charge in [0.25, 0.3) is 0 Å². The summed E-state index contributed by atoms with van der Waals surface area (Å²) in [5.74, 6) is 0. The van der Waals surface area contributed by atoms with Crippen molar-refractivity contribution in [2.24, 2.45) is 0 Å². The molecule has 2 aliphatic rings. The molecule has 1 aliphatic carbocycles. The fourth-order valence-electron chi connectivity index (χ4n) is 3.60. The van der Waals surface area contributed by atoms with E-state index in [4.69, 9.17) is 0 Å². The molecule has 2 aromatic carbocycles. The topological polar surface area (TPSA) is 30.3 Å². The van der Waals surface area contributed by atoms with Gasteiger partial charge in [0.05, 0.1) is 11.5 Å². The summed E-state index contributed by atoms with van der Waals surface area (Å²) >= 11 is 0. The summed E-state index contributed by atoms with van der Waals surface area (Å²) in [6.45, 7) is 4.36. The second-order valence-corrected chi connectivity index (χ2v) is 7.08. The van der Waals surface area contributed by atoms with Crippen molar-refractivity contribution in [1.82, 2.24) is 4.90 Å². The van der Waals surface area contributed by atoms with Gasteiger partial charge in [-0.3, -0.25) is 0 Å². The standard InChI is InChI=1S/C21H23N3/c1-23-12-14-24(15-13-23)20-5-3-2-4-19(20)17-6-8-18(9-7-17)21(16-22)10-11-21/h2-9H,10-15H2,1H3. The van der Waals surface area contributed by atoms with Crippen molar-refractivity contribution >= 4 is 5.69 Å². The van der Waals surface area contributed by atoms with E-state index in [9.17, 15) is 5.26 Å². The summed E-state index contributed by atoms with van der Waals surface area (Å²) in [4.78, 5) is 4.87. The predicted molar refractivity (Wildman–Crippen MR) is 98.1 cm³/mol. The molecule has 1 saturated heterocycles. The molecule has 1 heterocycles. The summed E-state index contributed by atoms with van der Waals surface area (Å²) in [6.07, 6.45) is 2.00. The first-order chi connectivity index (χ1) is 11.7. The van der Waals surface area contributed by atoms with Gasteiger partial charge in [-0.2, -0.15) is 5.26 Å². The van der Waals surface area contributed by atoms with Gasteiger partial charge in [0.1, 0.15) is 0 Å².